The van der Waals surface area contributed by atoms with Gasteiger partial charge >= 0.3 is 0 Å². The second-order valence-corrected chi connectivity index (χ2v) is 6.07. The van der Waals surface area contributed by atoms with Crippen LogP contribution >= 0.6 is 0 Å². The molecule has 0 unspecified atom stereocenters. The normalized spacial score (nSPS) is 11.3. The Labute approximate surface area is 162 Å². The Morgan fingerprint density at radius 2 is 1.89 bits per heavy atom. The molecule has 0 N–H and O–H groups in total. The van der Waals surface area contributed by atoms with Crippen LogP contribution < -0.4 is 14.6 Å². The third-order valence-electron chi connectivity index (χ3n) is 4.20. The molecule has 3 rings (SSSR count). The smallest absolute Gasteiger partial charge is 0.254 e. The van der Waals surface area contributed by atoms with Crippen molar-refractivity contribution in [2.75, 3.05) is 14.2 Å². The Balaban J connectivity index is 1.99. The molecule has 144 valence electrons. The van der Waals surface area contributed by atoms with E-state index in [1.807, 2.05) is 31.2 Å². The van der Waals surface area contributed by atoms with E-state index < -0.39 is 5.97 Å². The van der Waals surface area contributed by atoms with Crippen molar-refractivity contribution in [2.45, 2.75) is 13.3 Å². The van der Waals surface area contributed by atoms with Crippen molar-refractivity contribution < 1.29 is 23.9 Å². The van der Waals surface area contributed by atoms with Gasteiger partial charge in [-0.05, 0) is 42.3 Å². The van der Waals surface area contributed by atoms with E-state index in [9.17, 15) is 9.90 Å². The zero-order valence-corrected chi connectivity index (χ0v) is 15.8. The Bertz CT molecular complexity index is 1020. The molecule has 0 bridgehead atoms. The number of carboxylic acids is 1. The van der Waals surface area contributed by atoms with Gasteiger partial charge in [-0.2, -0.15) is 4.98 Å². The van der Waals surface area contributed by atoms with E-state index in [1.54, 1.807) is 31.4 Å². The molecule has 1 heterocycles. The standard InChI is InChI=1S/C21H20N2O5/c1-13-6-4-5-7-14(13)10-16(12-19(24)25)21-22-20(23-28-21)15-8-9-17(26-2)18(11-15)27-3/h4-11H,12H2,1-3H3,(H,24,25)/p-1/b16-10+. The van der Waals surface area contributed by atoms with Crippen LogP contribution in [-0.4, -0.2) is 30.3 Å². The van der Waals surface area contributed by atoms with E-state index in [1.165, 1.54) is 7.11 Å². The highest BCUT2D eigenvalue weighted by Gasteiger charge is 2.15. The number of carboxylic acid groups (broad SMARTS) is 1. The zero-order chi connectivity index (χ0) is 20.1. The maximum Gasteiger partial charge on any atom is 0.254 e. The number of hydrogen-bond donors (Lipinski definition) is 0. The summed E-state index contributed by atoms with van der Waals surface area (Å²) in [4.78, 5) is 15.6. The summed E-state index contributed by atoms with van der Waals surface area (Å²) in [5.74, 6) is 0.303. The molecule has 0 aliphatic rings. The van der Waals surface area contributed by atoms with Crippen molar-refractivity contribution in [1.29, 1.82) is 0 Å². The fraction of sp³-hybridized carbons (Fsp3) is 0.190. The molecule has 28 heavy (non-hydrogen) atoms. The Hall–Kier alpha value is -3.61. The number of aromatic nitrogens is 2. The minimum absolute atomic E-state index is 0.122. The third kappa shape index (κ3) is 4.20. The fourth-order valence-electron chi connectivity index (χ4n) is 2.73. The molecule has 0 aliphatic carbocycles. The molecule has 7 heteroatoms. The van der Waals surface area contributed by atoms with Crippen LogP contribution in [0.5, 0.6) is 11.5 Å². The SMILES string of the molecule is COc1ccc(-c2noc(/C(=C/c3ccccc3C)CC(=O)[O-])n2)cc1OC. The van der Waals surface area contributed by atoms with Crippen LogP contribution in [-0.2, 0) is 4.79 Å². The van der Waals surface area contributed by atoms with Crippen LogP contribution in [0.15, 0.2) is 47.0 Å². The van der Waals surface area contributed by atoms with Gasteiger partial charge in [0.15, 0.2) is 11.5 Å². The van der Waals surface area contributed by atoms with Gasteiger partial charge in [-0.15, -0.1) is 0 Å². The van der Waals surface area contributed by atoms with Crippen molar-refractivity contribution in [2.24, 2.45) is 0 Å². The summed E-state index contributed by atoms with van der Waals surface area (Å²) >= 11 is 0. The molecule has 0 spiro atoms. The number of carbonyl (C=O) groups is 1. The summed E-state index contributed by atoms with van der Waals surface area (Å²) in [6.45, 7) is 1.94. The molecule has 0 radical (unpaired) electrons. The minimum Gasteiger partial charge on any atom is -0.550 e. The quantitative estimate of drug-likeness (QED) is 0.622. The number of ether oxygens (including phenoxy) is 2. The van der Waals surface area contributed by atoms with Crippen molar-refractivity contribution in [3.63, 3.8) is 0 Å². The topological polar surface area (TPSA) is 97.5 Å². The van der Waals surface area contributed by atoms with Crippen molar-refractivity contribution >= 4 is 17.6 Å². The average molecular weight is 379 g/mol. The molecule has 7 nitrogen and oxygen atoms in total. The van der Waals surface area contributed by atoms with E-state index in [0.29, 0.717) is 28.5 Å². The second-order valence-electron chi connectivity index (χ2n) is 6.07. The third-order valence-corrected chi connectivity index (χ3v) is 4.20. The summed E-state index contributed by atoms with van der Waals surface area (Å²) in [5.41, 5.74) is 2.88. The van der Waals surface area contributed by atoms with Gasteiger partial charge in [-0.3, -0.25) is 0 Å². The van der Waals surface area contributed by atoms with Crippen LogP contribution in [0.1, 0.15) is 23.4 Å². The van der Waals surface area contributed by atoms with Crippen molar-refractivity contribution in [3.8, 4) is 22.9 Å². The lowest BCUT2D eigenvalue weighted by Gasteiger charge is -2.07. The zero-order valence-electron chi connectivity index (χ0n) is 15.8. The Kier molecular flexibility index (Phi) is 5.74. The average Bonchev–Trinajstić information content (AvgIpc) is 3.18. The molecule has 0 saturated heterocycles. The van der Waals surface area contributed by atoms with E-state index >= 15 is 0 Å². The minimum atomic E-state index is -1.23. The highest BCUT2D eigenvalue weighted by molar-refractivity contribution is 5.89. The van der Waals surface area contributed by atoms with Gasteiger partial charge in [0.25, 0.3) is 5.89 Å². The van der Waals surface area contributed by atoms with E-state index in [4.69, 9.17) is 14.0 Å². The van der Waals surface area contributed by atoms with Gasteiger partial charge in [0, 0.05) is 23.5 Å². The van der Waals surface area contributed by atoms with E-state index in [-0.39, 0.29) is 12.3 Å². The monoisotopic (exact) mass is 379 g/mol. The summed E-state index contributed by atoms with van der Waals surface area (Å²) in [7, 11) is 3.08. The second kappa shape index (κ2) is 8.39. The highest BCUT2D eigenvalue weighted by atomic mass is 16.5. The van der Waals surface area contributed by atoms with E-state index in [0.717, 1.165) is 11.1 Å². The first-order chi connectivity index (χ1) is 13.5. The molecule has 3 aromatic rings. The predicted octanol–water partition coefficient (Wildman–Crippen LogP) is 2.74. The number of aryl methyl sites for hydroxylation is 1. The van der Waals surface area contributed by atoms with Gasteiger partial charge < -0.3 is 23.9 Å². The van der Waals surface area contributed by atoms with Crippen LogP contribution in [0.25, 0.3) is 23.0 Å². The van der Waals surface area contributed by atoms with Gasteiger partial charge in [0.05, 0.1) is 14.2 Å². The van der Waals surface area contributed by atoms with Gasteiger partial charge in [0.2, 0.25) is 5.82 Å². The number of nitrogens with zero attached hydrogens (tertiary/aromatic N) is 2. The highest BCUT2D eigenvalue weighted by Crippen LogP contribution is 2.32. The summed E-state index contributed by atoms with van der Waals surface area (Å²) < 4.78 is 15.8. The number of carbonyl (C=O) groups excluding carboxylic acids is 1. The van der Waals surface area contributed by atoms with Gasteiger partial charge in [-0.25, -0.2) is 0 Å². The number of aliphatic carboxylic acids is 1. The largest absolute Gasteiger partial charge is 0.550 e. The van der Waals surface area contributed by atoms with Gasteiger partial charge in [0.1, 0.15) is 0 Å². The maximum absolute atomic E-state index is 11.2. The summed E-state index contributed by atoms with van der Waals surface area (Å²) in [6.07, 6.45) is 1.37. The number of rotatable bonds is 7. The van der Waals surface area contributed by atoms with Crippen LogP contribution in [0, 0.1) is 6.92 Å². The van der Waals surface area contributed by atoms with Crippen LogP contribution in [0.4, 0.5) is 0 Å². The molecular weight excluding hydrogens is 360 g/mol. The summed E-state index contributed by atoms with van der Waals surface area (Å²) in [5, 5.41) is 15.2. The maximum atomic E-state index is 11.2. The Morgan fingerprint density at radius 1 is 1.14 bits per heavy atom. The number of hydrogen-bond acceptors (Lipinski definition) is 7. The molecule has 0 saturated carbocycles. The first-order valence-corrected chi connectivity index (χ1v) is 8.54. The van der Waals surface area contributed by atoms with Crippen LogP contribution in [0.3, 0.4) is 0 Å². The molecule has 1 aromatic heterocycles. The molecule has 0 aliphatic heterocycles. The lowest BCUT2D eigenvalue weighted by atomic mass is 10.0. The molecule has 0 fully saturated rings. The molecule has 0 atom stereocenters. The van der Waals surface area contributed by atoms with Crippen LogP contribution in [0.2, 0.25) is 0 Å². The molecule has 2 aromatic carbocycles. The predicted molar refractivity (Wildman–Crippen MR) is 102 cm³/mol. The van der Waals surface area contributed by atoms with Crippen molar-refractivity contribution in [3.05, 3.63) is 59.5 Å². The molecular formula is C21H19N2O5-. The lowest BCUT2D eigenvalue weighted by molar-refractivity contribution is -0.304. The van der Waals surface area contributed by atoms with Crippen molar-refractivity contribution in [1.82, 2.24) is 10.1 Å². The Morgan fingerprint density at radius 3 is 2.57 bits per heavy atom. The fourth-order valence-corrected chi connectivity index (χ4v) is 2.73. The molecule has 0 amide bonds. The number of benzene rings is 2. The number of methoxy groups -OCH3 is 2. The summed E-state index contributed by atoms with van der Waals surface area (Å²) in [6, 6.07) is 12.8. The van der Waals surface area contributed by atoms with Gasteiger partial charge in [-0.1, -0.05) is 29.4 Å². The lowest BCUT2D eigenvalue weighted by Crippen LogP contribution is -2.22. The first-order valence-electron chi connectivity index (χ1n) is 8.54. The van der Waals surface area contributed by atoms with E-state index in [2.05, 4.69) is 10.1 Å². The first kappa shape index (κ1) is 19.2.